The minimum atomic E-state index is -4.41. The Labute approximate surface area is 84.7 Å². The van der Waals surface area contributed by atoms with Gasteiger partial charge in [-0.2, -0.15) is 13.2 Å². The van der Waals surface area contributed by atoms with Crippen LogP contribution in [-0.4, -0.2) is 0 Å². The maximum absolute atomic E-state index is 12.3. The number of terminal acetylenes is 1. The molecule has 0 nitrogen and oxygen atoms in total. The summed E-state index contributed by atoms with van der Waals surface area (Å²) < 4.78 is 36.9. The molecule has 0 atom stereocenters. The summed E-state index contributed by atoms with van der Waals surface area (Å²) in [5.74, 6) is 2.16. The van der Waals surface area contributed by atoms with Crippen LogP contribution in [0.3, 0.4) is 0 Å². The summed E-state index contributed by atoms with van der Waals surface area (Å²) in [5, 5.41) is 0.0350. The molecule has 14 heavy (non-hydrogen) atoms. The Morgan fingerprint density at radius 2 is 1.93 bits per heavy atom. The second kappa shape index (κ2) is 3.55. The van der Waals surface area contributed by atoms with Crippen molar-refractivity contribution in [3.8, 4) is 12.3 Å². The van der Waals surface area contributed by atoms with Gasteiger partial charge in [0, 0.05) is 10.6 Å². The minimum Gasteiger partial charge on any atom is -0.166 e. The molecular weight excluding hydrogens is 213 g/mol. The molecule has 1 aromatic carbocycles. The zero-order valence-corrected chi connectivity index (χ0v) is 8.00. The Hall–Kier alpha value is -1.14. The highest BCUT2D eigenvalue weighted by Crippen LogP contribution is 2.33. The van der Waals surface area contributed by atoms with E-state index in [4.69, 9.17) is 18.0 Å². The third kappa shape index (κ3) is 2.02. The molecule has 0 amide bonds. The Morgan fingerprint density at radius 3 is 2.36 bits per heavy atom. The maximum atomic E-state index is 12.3. The molecule has 74 valence electrons. The summed E-state index contributed by atoms with van der Waals surface area (Å²) >= 11 is 5.61. The van der Waals surface area contributed by atoms with E-state index < -0.39 is 11.7 Å². The van der Waals surface area contributed by atoms with Crippen molar-refractivity contribution in [2.75, 3.05) is 0 Å². The Kier molecular flexibility index (Phi) is 2.77. The van der Waals surface area contributed by atoms with E-state index in [0.29, 0.717) is 5.56 Å². The molecule has 0 unspecified atom stereocenters. The first-order chi connectivity index (χ1) is 6.36. The van der Waals surface area contributed by atoms with Crippen LogP contribution < -0.4 is 0 Å². The number of hydrogen-bond acceptors (Lipinski definition) is 0. The maximum Gasteiger partial charge on any atom is 0.416 e. The van der Waals surface area contributed by atoms with Gasteiger partial charge in [0.05, 0.1) is 5.56 Å². The van der Waals surface area contributed by atoms with Crippen LogP contribution in [0.2, 0.25) is 5.02 Å². The predicted molar refractivity (Wildman–Crippen MR) is 49.1 cm³/mol. The van der Waals surface area contributed by atoms with E-state index >= 15 is 0 Å². The highest BCUT2D eigenvalue weighted by molar-refractivity contribution is 6.31. The quantitative estimate of drug-likeness (QED) is 0.583. The van der Waals surface area contributed by atoms with Crippen molar-refractivity contribution in [3.05, 3.63) is 33.8 Å². The SMILES string of the molecule is C#Cc1cc(C(F)(F)F)cc(Cl)c1C. The predicted octanol–water partition coefficient (Wildman–Crippen LogP) is 3.65. The van der Waals surface area contributed by atoms with E-state index in [-0.39, 0.29) is 10.6 Å². The van der Waals surface area contributed by atoms with Gasteiger partial charge >= 0.3 is 6.18 Å². The molecule has 1 rings (SSSR count). The molecule has 0 saturated heterocycles. The lowest BCUT2D eigenvalue weighted by atomic mass is 10.1. The minimum absolute atomic E-state index is 0.0350. The van der Waals surface area contributed by atoms with Crippen molar-refractivity contribution in [1.82, 2.24) is 0 Å². The highest BCUT2D eigenvalue weighted by Gasteiger charge is 2.31. The zero-order valence-electron chi connectivity index (χ0n) is 7.24. The van der Waals surface area contributed by atoms with Crippen LogP contribution in [0.25, 0.3) is 0 Å². The van der Waals surface area contributed by atoms with Crippen LogP contribution >= 0.6 is 11.6 Å². The summed E-state index contributed by atoms with van der Waals surface area (Å²) in [4.78, 5) is 0. The van der Waals surface area contributed by atoms with Gasteiger partial charge < -0.3 is 0 Å². The van der Waals surface area contributed by atoms with Gasteiger partial charge in [-0.15, -0.1) is 6.42 Å². The van der Waals surface area contributed by atoms with Crippen LogP contribution in [0, 0.1) is 19.3 Å². The van der Waals surface area contributed by atoms with E-state index in [1.165, 1.54) is 0 Å². The van der Waals surface area contributed by atoms with Crippen LogP contribution in [0.5, 0.6) is 0 Å². The summed E-state index contributed by atoms with van der Waals surface area (Å²) in [6, 6.07) is 1.79. The second-order valence-electron chi connectivity index (χ2n) is 2.77. The lowest BCUT2D eigenvalue weighted by Crippen LogP contribution is -2.05. The molecule has 0 radical (unpaired) electrons. The van der Waals surface area contributed by atoms with Crippen molar-refractivity contribution >= 4 is 11.6 Å². The average molecular weight is 219 g/mol. The topological polar surface area (TPSA) is 0 Å². The first kappa shape index (κ1) is 10.9. The second-order valence-corrected chi connectivity index (χ2v) is 3.18. The van der Waals surface area contributed by atoms with Gasteiger partial charge in [-0.05, 0) is 24.6 Å². The number of benzene rings is 1. The normalized spacial score (nSPS) is 11.1. The summed E-state index contributed by atoms with van der Waals surface area (Å²) in [5.41, 5.74) is -0.159. The fourth-order valence-corrected chi connectivity index (χ4v) is 1.21. The molecule has 0 aromatic heterocycles. The Balaban J connectivity index is 3.40. The van der Waals surface area contributed by atoms with Crippen molar-refractivity contribution < 1.29 is 13.2 Å². The molecule has 0 N–H and O–H groups in total. The van der Waals surface area contributed by atoms with E-state index in [0.717, 1.165) is 12.1 Å². The Morgan fingerprint density at radius 1 is 1.36 bits per heavy atom. The fourth-order valence-electron chi connectivity index (χ4n) is 0.992. The van der Waals surface area contributed by atoms with Crippen LogP contribution in [0.4, 0.5) is 13.2 Å². The highest BCUT2D eigenvalue weighted by atomic mass is 35.5. The van der Waals surface area contributed by atoms with Gasteiger partial charge in [-0.3, -0.25) is 0 Å². The first-order valence-electron chi connectivity index (χ1n) is 3.70. The standard InChI is InChI=1S/C10H6ClF3/c1-3-7-4-8(10(12,13)14)5-9(11)6(7)2/h1,4-5H,2H3. The van der Waals surface area contributed by atoms with Crippen molar-refractivity contribution in [2.45, 2.75) is 13.1 Å². The van der Waals surface area contributed by atoms with E-state index in [1.807, 2.05) is 0 Å². The van der Waals surface area contributed by atoms with Crippen LogP contribution in [0.1, 0.15) is 16.7 Å². The van der Waals surface area contributed by atoms with E-state index in [1.54, 1.807) is 6.92 Å². The summed E-state index contributed by atoms with van der Waals surface area (Å²) in [7, 11) is 0. The molecule has 0 fully saturated rings. The number of hydrogen-bond donors (Lipinski definition) is 0. The molecule has 0 aliphatic carbocycles. The van der Waals surface area contributed by atoms with Gasteiger partial charge in [0.25, 0.3) is 0 Å². The number of rotatable bonds is 0. The molecule has 0 saturated carbocycles. The number of alkyl halides is 3. The third-order valence-corrected chi connectivity index (χ3v) is 2.22. The van der Waals surface area contributed by atoms with E-state index in [2.05, 4.69) is 5.92 Å². The lowest BCUT2D eigenvalue weighted by molar-refractivity contribution is -0.137. The van der Waals surface area contributed by atoms with Gasteiger partial charge in [-0.25, -0.2) is 0 Å². The van der Waals surface area contributed by atoms with E-state index in [9.17, 15) is 13.2 Å². The average Bonchev–Trinajstić information content (AvgIpc) is 2.07. The Bertz CT molecular complexity index is 399. The molecule has 0 heterocycles. The monoisotopic (exact) mass is 218 g/mol. The summed E-state index contributed by atoms with van der Waals surface area (Å²) in [6.07, 6.45) is 0.642. The van der Waals surface area contributed by atoms with Gasteiger partial charge in [-0.1, -0.05) is 17.5 Å². The van der Waals surface area contributed by atoms with Gasteiger partial charge in [0.15, 0.2) is 0 Å². The lowest BCUT2D eigenvalue weighted by Gasteiger charge is -2.09. The molecule has 0 aliphatic rings. The van der Waals surface area contributed by atoms with Crippen molar-refractivity contribution in [3.63, 3.8) is 0 Å². The summed E-state index contributed by atoms with van der Waals surface area (Å²) in [6.45, 7) is 1.58. The molecule has 1 aromatic rings. The molecule has 0 aliphatic heterocycles. The largest absolute Gasteiger partial charge is 0.416 e. The first-order valence-corrected chi connectivity index (χ1v) is 4.08. The van der Waals surface area contributed by atoms with Crippen LogP contribution in [-0.2, 0) is 6.18 Å². The molecule has 4 heteroatoms. The fraction of sp³-hybridized carbons (Fsp3) is 0.200. The number of halogens is 4. The smallest absolute Gasteiger partial charge is 0.166 e. The molecule has 0 spiro atoms. The molecule has 0 bridgehead atoms. The van der Waals surface area contributed by atoms with Gasteiger partial charge in [0.2, 0.25) is 0 Å². The third-order valence-electron chi connectivity index (χ3n) is 1.83. The van der Waals surface area contributed by atoms with Crippen molar-refractivity contribution in [2.24, 2.45) is 0 Å². The van der Waals surface area contributed by atoms with Gasteiger partial charge in [0.1, 0.15) is 0 Å². The zero-order chi connectivity index (χ0) is 10.9. The van der Waals surface area contributed by atoms with Crippen LogP contribution in [0.15, 0.2) is 12.1 Å². The molecular formula is C10H6ClF3. The van der Waals surface area contributed by atoms with Crippen molar-refractivity contribution in [1.29, 1.82) is 0 Å².